The van der Waals surface area contributed by atoms with E-state index in [0.29, 0.717) is 34.8 Å². The molecule has 0 aliphatic heterocycles. The van der Waals surface area contributed by atoms with E-state index in [1.807, 2.05) is 12.2 Å². The van der Waals surface area contributed by atoms with Crippen LogP contribution in [-0.2, 0) is 14.3 Å². The lowest BCUT2D eigenvalue weighted by Gasteiger charge is -2.27. The number of carbonyl (C=O) groups excluding carboxylic acids is 3. The van der Waals surface area contributed by atoms with E-state index in [-0.39, 0.29) is 11.8 Å². The number of allylic oxidation sites excluding steroid dienone is 2. The summed E-state index contributed by atoms with van der Waals surface area (Å²) in [6.07, 6.45) is 4.70. The van der Waals surface area contributed by atoms with Gasteiger partial charge in [-0.3, -0.25) is 9.59 Å². The average Bonchev–Trinajstić information content (AvgIpc) is 2.75. The number of esters is 1. The molecule has 29 heavy (non-hydrogen) atoms. The highest BCUT2D eigenvalue weighted by atomic mass is 35.5. The molecule has 2 aromatic rings. The number of halogens is 1. The largest absolute Gasteiger partial charge is 0.465 e. The predicted molar refractivity (Wildman–Crippen MR) is 112 cm³/mol. The molecule has 2 N–H and O–H groups in total. The Morgan fingerprint density at radius 1 is 0.931 bits per heavy atom. The summed E-state index contributed by atoms with van der Waals surface area (Å²) in [6.45, 7) is 0. The summed E-state index contributed by atoms with van der Waals surface area (Å²) in [4.78, 5) is 37.4. The molecule has 0 radical (unpaired) electrons. The number of hydrogen-bond donors (Lipinski definition) is 2. The lowest BCUT2D eigenvalue weighted by Crippen LogP contribution is -2.37. The average molecular weight is 413 g/mol. The van der Waals surface area contributed by atoms with E-state index < -0.39 is 17.8 Å². The number of ether oxygens (including phenoxy) is 1. The van der Waals surface area contributed by atoms with Gasteiger partial charge in [0.2, 0.25) is 11.8 Å². The minimum absolute atomic E-state index is 0.258. The lowest BCUT2D eigenvalue weighted by atomic mass is 9.81. The first kappa shape index (κ1) is 20.6. The van der Waals surface area contributed by atoms with Crippen molar-refractivity contribution in [1.29, 1.82) is 0 Å². The zero-order valence-electron chi connectivity index (χ0n) is 15.9. The topological polar surface area (TPSA) is 84.5 Å². The second-order valence-corrected chi connectivity index (χ2v) is 7.09. The van der Waals surface area contributed by atoms with Gasteiger partial charge in [-0.25, -0.2) is 4.79 Å². The zero-order valence-corrected chi connectivity index (χ0v) is 16.6. The maximum absolute atomic E-state index is 12.9. The molecule has 1 aliphatic carbocycles. The van der Waals surface area contributed by atoms with E-state index in [0.717, 1.165) is 0 Å². The molecule has 0 saturated carbocycles. The summed E-state index contributed by atoms with van der Waals surface area (Å²) in [5, 5.41) is 6.06. The number of hydrogen-bond acceptors (Lipinski definition) is 4. The number of nitrogens with one attached hydrogen (secondary N) is 2. The second-order valence-electron chi connectivity index (χ2n) is 6.69. The van der Waals surface area contributed by atoms with Crippen molar-refractivity contribution in [2.45, 2.75) is 12.8 Å². The van der Waals surface area contributed by atoms with Gasteiger partial charge < -0.3 is 15.4 Å². The van der Waals surface area contributed by atoms with Crippen LogP contribution in [0.3, 0.4) is 0 Å². The van der Waals surface area contributed by atoms with Crippen LogP contribution in [0.2, 0.25) is 5.02 Å². The van der Waals surface area contributed by atoms with E-state index >= 15 is 0 Å². The highest BCUT2D eigenvalue weighted by Crippen LogP contribution is 2.30. The highest BCUT2D eigenvalue weighted by molar-refractivity contribution is 6.33. The number of para-hydroxylation sites is 1. The Morgan fingerprint density at radius 2 is 1.59 bits per heavy atom. The quantitative estimate of drug-likeness (QED) is 0.566. The summed E-state index contributed by atoms with van der Waals surface area (Å²) in [6, 6.07) is 13.4. The van der Waals surface area contributed by atoms with E-state index in [2.05, 4.69) is 10.6 Å². The first-order valence-electron chi connectivity index (χ1n) is 9.19. The highest BCUT2D eigenvalue weighted by Gasteiger charge is 2.34. The normalized spacial score (nSPS) is 18.0. The molecule has 2 unspecified atom stereocenters. The number of anilines is 2. The Labute approximate surface area is 173 Å². The number of carbonyl (C=O) groups is 3. The van der Waals surface area contributed by atoms with Crippen LogP contribution in [0.4, 0.5) is 11.4 Å². The Bertz CT molecular complexity index is 957. The van der Waals surface area contributed by atoms with Crippen LogP contribution in [0.15, 0.2) is 60.7 Å². The number of amides is 2. The first-order chi connectivity index (χ1) is 14.0. The van der Waals surface area contributed by atoms with Gasteiger partial charge in [-0.2, -0.15) is 0 Å². The van der Waals surface area contributed by atoms with Crippen LogP contribution in [0.5, 0.6) is 0 Å². The number of benzene rings is 2. The van der Waals surface area contributed by atoms with Crippen molar-refractivity contribution >= 4 is 40.8 Å². The molecule has 2 aromatic carbocycles. The van der Waals surface area contributed by atoms with Crippen LogP contribution in [0.1, 0.15) is 23.2 Å². The maximum Gasteiger partial charge on any atom is 0.337 e. The van der Waals surface area contributed by atoms with Crippen LogP contribution in [-0.4, -0.2) is 24.9 Å². The molecule has 2 atom stereocenters. The molecule has 0 fully saturated rings. The van der Waals surface area contributed by atoms with Crippen LogP contribution >= 0.6 is 11.6 Å². The number of methoxy groups -OCH3 is 1. The molecule has 2 amide bonds. The Kier molecular flexibility index (Phi) is 6.67. The van der Waals surface area contributed by atoms with Crippen molar-refractivity contribution in [2.24, 2.45) is 11.8 Å². The van der Waals surface area contributed by atoms with Gasteiger partial charge in [-0.1, -0.05) is 42.0 Å². The molecule has 0 aromatic heterocycles. The van der Waals surface area contributed by atoms with Gasteiger partial charge in [0.05, 0.1) is 35.2 Å². The standard InChI is InChI=1S/C22H21ClN2O4/c1-29-22(28)14-7-6-8-15(13-14)24-20(26)16-9-2-3-10-17(16)21(27)25-19-12-5-4-11-18(19)23/h2-8,11-13,16-17H,9-10H2,1H3,(H,24,26)(H,25,27). The third kappa shape index (κ3) is 5.03. The molecule has 1 aliphatic rings. The predicted octanol–water partition coefficient (Wildman–Crippen LogP) is 4.29. The number of rotatable bonds is 5. The maximum atomic E-state index is 12.9. The zero-order chi connectivity index (χ0) is 20.8. The fraction of sp³-hybridized carbons (Fsp3) is 0.227. The first-order valence-corrected chi connectivity index (χ1v) is 9.57. The molecule has 3 rings (SSSR count). The van der Waals surface area contributed by atoms with Gasteiger partial charge in [0.1, 0.15) is 0 Å². The Hall–Kier alpha value is -3.12. The van der Waals surface area contributed by atoms with Crippen molar-refractivity contribution in [3.05, 3.63) is 71.3 Å². The van der Waals surface area contributed by atoms with Crippen molar-refractivity contribution in [2.75, 3.05) is 17.7 Å². The smallest absolute Gasteiger partial charge is 0.337 e. The van der Waals surface area contributed by atoms with Crippen molar-refractivity contribution < 1.29 is 19.1 Å². The third-order valence-corrected chi connectivity index (χ3v) is 5.12. The van der Waals surface area contributed by atoms with E-state index in [1.54, 1.807) is 48.5 Å². The van der Waals surface area contributed by atoms with Crippen LogP contribution < -0.4 is 10.6 Å². The van der Waals surface area contributed by atoms with E-state index in [4.69, 9.17) is 16.3 Å². The molecule has 0 spiro atoms. The van der Waals surface area contributed by atoms with Gasteiger partial charge in [0, 0.05) is 5.69 Å². The van der Waals surface area contributed by atoms with Crippen LogP contribution in [0.25, 0.3) is 0 Å². The summed E-state index contributed by atoms with van der Waals surface area (Å²) in [5.74, 6) is -2.09. The van der Waals surface area contributed by atoms with Crippen LogP contribution in [0, 0.1) is 11.8 Å². The summed E-state index contributed by atoms with van der Waals surface area (Å²) in [7, 11) is 1.30. The van der Waals surface area contributed by atoms with Crippen molar-refractivity contribution in [1.82, 2.24) is 0 Å². The summed E-state index contributed by atoms with van der Waals surface area (Å²) >= 11 is 6.12. The fourth-order valence-electron chi connectivity index (χ4n) is 3.26. The van der Waals surface area contributed by atoms with Gasteiger partial charge in [0.15, 0.2) is 0 Å². The molecule has 6 nitrogen and oxygen atoms in total. The fourth-order valence-corrected chi connectivity index (χ4v) is 3.44. The molecule has 0 heterocycles. The molecule has 0 bridgehead atoms. The minimum Gasteiger partial charge on any atom is -0.465 e. The summed E-state index contributed by atoms with van der Waals surface area (Å²) in [5.41, 5.74) is 1.32. The molecule has 7 heteroatoms. The lowest BCUT2D eigenvalue weighted by molar-refractivity contribution is -0.129. The SMILES string of the molecule is COC(=O)c1cccc(NC(=O)C2CC=CCC2C(=O)Nc2ccccc2Cl)c1. The molecule has 0 saturated heterocycles. The van der Waals surface area contributed by atoms with Gasteiger partial charge >= 0.3 is 5.97 Å². The van der Waals surface area contributed by atoms with Crippen molar-refractivity contribution in [3.8, 4) is 0 Å². The second kappa shape index (κ2) is 9.39. The van der Waals surface area contributed by atoms with Gasteiger partial charge in [-0.15, -0.1) is 0 Å². The monoisotopic (exact) mass is 412 g/mol. The van der Waals surface area contributed by atoms with Gasteiger partial charge in [-0.05, 0) is 43.2 Å². The van der Waals surface area contributed by atoms with E-state index in [1.165, 1.54) is 7.11 Å². The molecular formula is C22H21ClN2O4. The molecule has 150 valence electrons. The molecular weight excluding hydrogens is 392 g/mol. The Morgan fingerprint density at radius 3 is 2.24 bits per heavy atom. The Balaban J connectivity index is 1.73. The third-order valence-electron chi connectivity index (χ3n) is 4.79. The summed E-state index contributed by atoms with van der Waals surface area (Å²) < 4.78 is 4.70. The van der Waals surface area contributed by atoms with E-state index in [9.17, 15) is 14.4 Å². The minimum atomic E-state index is -0.538. The van der Waals surface area contributed by atoms with Crippen molar-refractivity contribution in [3.63, 3.8) is 0 Å². The van der Waals surface area contributed by atoms with Gasteiger partial charge in [0.25, 0.3) is 0 Å².